The average Bonchev–Trinajstić information content (AvgIpc) is 3.25. The Morgan fingerprint density at radius 2 is 1.81 bits per heavy atom. The number of hydrogen-bond donors (Lipinski definition) is 2. The van der Waals surface area contributed by atoms with E-state index in [2.05, 4.69) is 5.32 Å². The number of sulfonamides is 1. The molecule has 9 heteroatoms. The summed E-state index contributed by atoms with van der Waals surface area (Å²) in [5.41, 5.74) is 1.65. The highest BCUT2D eigenvalue weighted by molar-refractivity contribution is 7.89. The maximum absolute atomic E-state index is 13.1. The Kier molecular flexibility index (Phi) is 6.97. The van der Waals surface area contributed by atoms with E-state index in [9.17, 15) is 23.1 Å². The summed E-state index contributed by atoms with van der Waals surface area (Å²) in [4.78, 5) is 25.4. The van der Waals surface area contributed by atoms with E-state index in [4.69, 9.17) is 4.74 Å². The van der Waals surface area contributed by atoms with E-state index < -0.39 is 34.0 Å². The smallest absolute Gasteiger partial charge is 0.328 e. The molecule has 1 fully saturated rings. The van der Waals surface area contributed by atoms with Crippen LogP contribution in [-0.4, -0.2) is 55.4 Å². The Balaban J connectivity index is 1.78. The van der Waals surface area contributed by atoms with E-state index in [1.807, 2.05) is 6.92 Å². The highest BCUT2D eigenvalue weighted by Gasteiger charge is 2.40. The van der Waals surface area contributed by atoms with Crippen molar-refractivity contribution in [2.24, 2.45) is 0 Å². The number of carbonyl (C=O) groups is 2. The summed E-state index contributed by atoms with van der Waals surface area (Å²) in [6, 6.07) is 10.8. The predicted octanol–water partition coefficient (Wildman–Crippen LogP) is 1.75. The molecule has 1 aliphatic heterocycles. The number of phenolic OH excluding ortho intramolecular Hbond substituents is 1. The van der Waals surface area contributed by atoms with Gasteiger partial charge in [0.15, 0.2) is 0 Å². The molecule has 0 spiro atoms. The second kappa shape index (κ2) is 9.49. The lowest BCUT2D eigenvalue weighted by molar-refractivity contribution is -0.145. The zero-order chi connectivity index (χ0) is 22.6. The maximum atomic E-state index is 13.1. The van der Waals surface area contributed by atoms with Crippen LogP contribution in [0.4, 0.5) is 0 Å². The molecule has 2 atom stereocenters. The Hall–Kier alpha value is -2.91. The predicted molar refractivity (Wildman–Crippen MR) is 114 cm³/mol. The highest BCUT2D eigenvalue weighted by Crippen LogP contribution is 2.26. The summed E-state index contributed by atoms with van der Waals surface area (Å²) >= 11 is 0. The minimum absolute atomic E-state index is 0.0883. The van der Waals surface area contributed by atoms with Crippen LogP contribution in [0, 0.1) is 6.92 Å². The van der Waals surface area contributed by atoms with Gasteiger partial charge >= 0.3 is 5.97 Å². The molecule has 1 heterocycles. The molecule has 31 heavy (non-hydrogen) atoms. The molecule has 2 aromatic carbocycles. The molecule has 1 saturated heterocycles. The van der Waals surface area contributed by atoms with E-state index >= 15 is 0 Å². The van der Waals surface area contributed by atoms with E-state index in [0.717, 1.165) is 5.56 Å². The van der Waals surface area contributed by atoms with Crippen LogP contribution in [0.25, 0.3) is 0 Å². The molecule has 166 valence electrons. The molecular formula is C22H26N2O6S. The number of amides is 1. The lowest BCUT2D eigenvalue weighted by atomic mass is 10.1. The number of benzene rings is 2. The molecule has 1 aliphatic rings. The molecule has 2 N–H and O–H groups in total. The fraction of sp³-hybridized carbons (Fsp3) is 0.364. The standard InChI is InChI=1S/C22H26N2O6S/c1-15-5-11-18(12-6-15)31(28,29)24-13-3-4-20(24)21(26)23-19(22(27)30-2)14-16-7-9-17(25)10-8-16/h5-12,19-20,25H,3-4,13-14H2,1-2H3,(H,23,26)/t19-,20-/m0/s1. The summed E-state index contributed by atoms with van der Waals surface area (Å²) in [5.74, 6) is -1.08. The highest BCUT2D eigenvalue weighted by atomic mass is 32.2. The van der Waals surface area contributed by atoms with Crippen molar-refractivity contribution in [2.75, 3.05) is 13.7 Å². The summed E-state index contributed by atoms with van der Waals surface area (Å²) < 4.78 is 32.2. The van der Waals surface area contributed by atoms with E-state index in [1.54, 1.807) is 24.3 Å². The second-order valence-electron chi connectivity index (χ2n) is 7.54. The van der Waals surface area contributed by atoms with Crippen molar-refractivity contribution >= 4 is 21.9 Å². The number of rotatable bonds is 7. The third-order valence-corrected chi connectivity index (χ3v) is 7.23. The molecule has 2 aromatic rings. The lowest BCUT2D eigenvalue weighted by Crippen LogP contribution is -2.51. The van der Waals surface area contributed by atoms with Gasteiger partial charge < -0.3 is 15.2 Å². The van der Waals surface area contributed by atoms with Gasteiger partial charge in [0.05, 0.1) is 12.0 Å². The Labute approximate surface area is 181 Å². The largest absolute Gasteiger partial charge is 0.508 e. The summed E-state index contributed by atoms with van der Waals surface area (Å²) in [6.07, 6.45) is 1.06. The van der Waals surface area contributed by atoms with Crippen LogP contribution >= 0.6 is 0 Å². The van der Waals surface area contributed by atoms with Gasteiger partial charge in [0.2, 0.25) is 15.9 Å². The molecule has 8 nitrogen and oxygen atoms in total. The van der Waals surface area contributed by atoms with Crippen LogP contribution in [0.5, 0.6) is 5.75 Å². The molecule has 1 amide bonds. The summed E-state index contributed by atoms with van der Waals surface area (Å²) in [5, 5.41) is 12.1. The number of nitrogens with zero attached hydrogens (tertiary/aromatic N) is 1. The van der Waals surface area contributed by atoms with Gasteiger partial charge in [0.25, 0.3) is 0 Å². The number of carbonyl (C=O) groups excluding carboxylic acids is 2. The van der Waals surface area contributed by atoms with Crippen molar-refractivity contribution in [2.45, 2.75) is 43.2 Å². The number of ether oxygens (including phenoxy) is 1. The van der Waals surface area contributed by atoms with Crippen molar-refractivity contribution in [1.82, 2.24) is 9.62 Å². The molecule has 0 unspecified atom stereocenters. The lowest BCUT2D eigenvalue weighted by Gasteiger charge is -2.25. The minimum Gasteiger partial charge on any atom is -0.508 e. The number of methoxy groups -OCH3 is 1. The Morgan fingerprint density at radius 1 is 1.16 bits per heavy atom. The van der Waals surface area contributed by atoms with Gasteiger partial charge in [-0.25, -0.2) is 13.2 Å². The number of aromatic hydroxyl groups is 1. The first-order chi connectivity index (χ1) is 14.7. The monoisotopic (exact) mass is 446 g/mol. The summed E-state index contributed by atoms with van der Waals surface area (Å²) in [6.45, 7) is 2.10. The second-order valence-corrected chi connectivity index (χ2v) is 9.43. The molecular weight excluding hydrogens is 420 g/mol. The van der Waals surface area contributed by atoms with Gasteiger partial charge in [0.1, 0.15) is 17.8 Å². The van der Waals surface area contributed by atoms with Gasteiger partial charge in [0, 0.05) is 13.0 Å². The van der Waals surface area contributed by atoms with Crippen LogP contribution < -0.4 is 5.32 Å². The number of nitrogens with one attached hydrogen (secondary N) is 1. The Morgan fingerprint density at radius 3 is 2.42 bits per heavy atom. The van der Waals surface area contributed by atoms with Gasteiger partial charge in [-0.2, -0.15) is 4.31 Å². The normalized spacial score (nSPS) is 17.8. The zero-order valence-electron chi connectivity index (χ0n) is 17.4. The van der Waals surface area contributed by atoms with Gasteiger partial charge in [-0.05, 0) is 49.6 Å². The van der Waals surface area contributed by atoms with E-state index in [-0.39, 0.29) is 23.6 Å². The van der Waals surface area contributed by atoms with Crippen LogP contribution in [0.15, 0.2) is 53.4 Å². The third kappa shape index (κ3) is 5.23. The van der Waals surface area contributed by atoms with E-state index in [1.165, 1.54) is 35.7 Å². The minimum atomic E-state index is -3.85. The van der Waals surface area contributed by atoms with Gasteiger partial charge in [-0.3, -0.25) is 4.79 Å². The average molecular weight is 447 g/mol. The van der Waals surface area contributed by atoms with Crippen molar-refractivity contribution in [1.29, 1.82) is 0 Å². The molecule has 0 bridgehead atoms. The number of hydrogen-bond acceptors (Lipinski definition) is 6. The van der Waals surface area contributed by atoms with Gasteiger partial charge in [-0.1, -0.05) is 29.8 Å². The van der Waals surface area contributed by atoms with Crippen LogP contribution in [0.2, 0.25) is 0 Å². The topological polar surface area (TPSA) is 113 Å². The van der Waals surface area contributed by atoms with Crippen molar-refractivity contribution in [3.05, 3.63) is 59.7 Å². The van der Waals surface area contributed by atoms with Crippen LogP contribution in [0.1, 0.15) is 24.0 Å². The number of esters is 1. The maximum Gasteiger partial charge on any atom is 0.328 e. The molecule has 0 radical (unpaired) electrons. The SMILES string of the molecule is COC(=O)[C@H](Cc1ccc(O)cc1)NC(=O)[C@@H]1CCCN1S(=O)(=O)c1ccc(C)cc1. The van der Waals surface area contributed by atoms with Crippen LogP contribution in [0.3, 0.4) is 0 Å². The first-order valence-corrected chi connectivity index (χ1v) is 11.4. The fourth-order valence-corrected chi connectivity index (χ4v) is 5.26. The molecule has 0 aliphatic carbocycles. The van der Waals surface area contributed by atoms with Crippen molar-refractivity contribution in [3.63, 3.8) is 0 Å². The molecule has 0 saturated carbocycles. The number of phenols is 1. The quantitative estimate of drug-likeness (QED) is 0.627. The van der Waals surface area contributed by atoms with Gasteiger partial charge in [-0.15, -0.1) is 0 Å². The van der Waals surface area contributed by atoms with Crippen molar-refractivity contribution < 1.29 is 27.9 Å². The van der Waals surface area contributed by atoms with Crippen molar-refractivity contribution in [3.8, 4) is 5.75 Å². The first-order valence-electron chi connectivity index (χ1n) is 9.97. The van der Waals surface area contributed by atoms with E-state index in [0.29, 0.717) is 18.4 Å². The van der Waals surface area contributed by atoms with Crippen LogP contribution in [-0.2, 0) is 30.8 Å². The molecule has 3 rings (SSSR count). The Bertz CT molecular complexity index is 1030. The summed E-state index contributed by atoms with van der Waals surface area (Å²) in [7, 11) is -2.62. The first kappa shape index (κ1) is 22.8. The molecule has 0 aromatic heterocycles. The number of aryl methyl sites for hydroxylation is 1. The zero-order valence-corrected chi connectivity index (χ0v) is 18.3. The fourth-order valence-electron chi connectivity index (χ4n) is 3.61. The third-order valence-electron chi connectivity index (χ3n) is 5.31.